The van der Waals surface area contributed by atoms with Crippen LogP contribution in [-0.4, -0.2) is 25.5 Å². The van der Waals surface area contributed by atoms with Crippen molar-refractivity contribution < 1.29 is 4.79 Å². The molecule has 0 aliphatic rings. The number of halogens is 1. The molecule has 0 saturated carbocycles. The van der Waals surface area contributed by atoms with Crippen molar-refractivity contribution in [2.45, 2.75) is 0 Å². The highest BCUT2D eigenvalue weighted by atomic mass is 35.5. The second-order valence-electron chi connectivity index (χ2n) is 4.45. The van der Waals surface area contributed by atoms with E-state index in [4.69, 9.17) is 11.6 Å². The van der Waals surface area contributed by atoms with E-state index in [2.05, 4.69) is 15.5 Å². The van der Waals surface area contributed by atoms with Crippen LogP contribution in [0.5, 0.6) is 0 Å². The number of hydrogen-bond acceptors (Lipinski definition) is 3. The Bertz CT molecular complexity index is 792. The zero-order chi connectivity index (χ0) is 14.8. The Morgan fingerprint density at radius 2 is 2.10 bits per heavy atom. The summed E-state index contributed by atoms with van der Waals surface area (Å²) in [6, 6.07) is 9.01. The minimum absolute atomic E-state index is 0.271. The fourth-order valence-electron chi connectivity index (χ4n) is 1.88. The molecule has 0 unspecified atom stereocenters. The number of rotatable bonds is 3. The smallest absolute Gasteiger partial charge is 0.260 e. The van der Waals surface area contributed by atoms with Crippen molar-refractivity contribution in [2.75, 3.05) is 5.32 Å². The van der Waals surface area contributed by atoms with Crippen molar-refractivity contribution in [2.24, 2.45) is 7.05 Å². The highest BCUT2D eigenvalue weighted by Gasteiger charge is 2.12. The lowest BCUT2D eigenvalue weighted by Gasteiger charge is -2.02. The van der Waals surface area contributed by atoms with E-state index < -0.39 is 0 Å². The molecule has 3 rings (SSSR count). The first-order valence-electron chi connectivity index (χ1n) is 6.24. The predicted octanol–water partition coefficient (Wildman–Crippen LogP) is 2.51. The standard InChI is InChI=1S/C14H12ClN5O/c1-19-7-6-13(18-19)17-14(21)10-8-16-20(9-10)12-5-3-2-4-11(12)15/h2-9H,1H3,(H,17,18,21). The molecule has 0 spiro atoms. The topological polar surface area (TPSA) is 64.7 Å². The van der Waals surface area contributed by atoms with Crippen LogP contribution in [-0.2, 0) is 7.05 Å². The summed E-state index contributed by atoms with van der Waals surface area (Å²) in [5.74, 6) is 0.222. The van der Waals surface area contributed by atoms with Crippen molar-refractivity contribution in [3.8, 4) is 5.69 Å². The fraction of sp³-hybridized carbons (Fsp3) is 0.0714. The number of nitrogens with zero attached hydrogens (tertiary/aromatic N) is 4. The average Bonchev–Trinajstić information content (AvgIpc) is 3.09. The lowest BCUT2D eigenvalue weighted by atomic mass is 10.3. The first-order valence-corrected chi connectivity index (χ1v) is 6.62. The van der Waals surface area contributed by atoms with Gasteiger partial charge in [-0.15, -0.1) is 0 Å². The minimum Gasteiger partial charge on any atom is -0.305 e. The number of carbonyl (C=O) groups is 1. The van der Waals surface area contributed by atoms with E-state index in [1.165, 1.54) is 6.20 Å². The molecule has 0 aliphatic heterocycles. The Morgan fingerprint density at radius 3 is 2.81 bits per heavy atom. The van der Waals surface area contributed by atoms with Crippen LogP contribution in [0.15, 0.2) is 48.9 Å². The molecule has 1 N–H and O–H groups in total. The zero-order valence-corrected chi connectivity index (χ0v) is 11.9. The average molecular weight is 302 g/mol. The number of aryl methyl sites for hydroxylation is 1. The van der Waals surface area contributed by atoms with Crippen molar-refractivity contribution in [1.29, 1.82) is 0 Å². The summed E-state index contributed by atoms with van der Waals surface area (Å²) in [5, 5.41) is 11.5. The van der Waals surface area contributed by atoms with Crippen LogP contribution in [0.4, 0.5) is 5.82 Å². The number of para-hydroxylation sites is 1. The largest absolute Gasteiger partial charge is 0.305 e. The molecule has 1 aromatic carbocycles. The van der Waals surface area contributed by atoms with Crippen LogP contribution >= 0.6 is 11.6 Å². The van der Waals surface area contributed by atoms with Crippen LogP contribution in [0.25, 0.3) is 5.69 Å². The van der Waals surface area contributed by atoms with Gasteiger partial charge in [0.2, 0.25) is 0 Å². The highest BCUT2D eigenvalue weighted by Crippen LogP contribution is 2.19. The molecule has 0 fully saturated rings. The molecule has 2 heterocycles. The maximum absolute atomic E-state index is 12.1. The summed E-state index contributed by atoms with van der Waals surface area (Å²) in [5.41, 5.74) is 1.15. The molecule has 3 aromatic rings. The van der Waals surface area contributed by atoms with Gasteiger partial charge in [-0.3, -0.25) is 9.48 Å². The van der Waals surface area contributed by atoms with Gasteiger partial charge in [-0.1, -0.05) is 23.7 Å². The first kappa shape index (κ1) is 13.4. The van der Waals surface area contributed by atoms with Gasteiger partial charge in [0.05, 0.1) is 22.5 Å². The van der Waals surface area contributed by atoms with Crippen LogP contribution < -0.4 is 5.32 Å². The van der Waals surface area contributed by atoms with Crippen molar-refractivity contribution in [3.05, 3.63) is 59.5 Å². The van der Waals surface area contributed by atoms with Crippen LogP contribution in [0.3, 0.4) is 0 Å². The van der Waals surface area contributed by atoms with Gasteiger partial charge in [0.15, 0.2) is 5.82 Å². The third kappa shape index (κ3) is 2.80. The lowest BCUT2D eigenvalue weighted by Crippen LogP contribution is -2.11. The Morgan fingerprint density at radius 1 is 1.29 bits per heavy atom. The summed E-state index contributed by atoms with van der Waals surface area (Å²) >= 11 is 6.11. The minimum atomic E-state index is -0.271. The molecular weight excluding hydrogens is 290 g/mol. The van der Waals surface area contributed by atoms with E-state index >= 15 is 0 Å². The number of amides is 1. The van der Waals surface area contributed by atoms with Crippen LogP contribution in [0.1, 0.15) is 10.4 Å². The van der Waals surface area contributed by atoms with Gasteiger partial charge < -0.3 is 5.32 Å². The maximum Gasteiger partial charge on any atom is 0.260 e. The second-order valence-corrected chi connectivity index (χ2v) is 4.86. The van der Waals surface area contributed by atoms with Gasteiger partial charge >= 0.3 is 0 Å². The highest BCUT2D eigenvalue weighted by molar-refractivity contribution is 6.32. The van der Waals surface area contributed by atoms with E-state index in [0.717, 1.165) is 5.69 Å². The quantitative estimate of drug-likeness (QED) is 0.808. The van der Waals surface area contributed by atoms with Crippen LogP contribution in [0, 0.1) is 0 Å². The molecule has 1 amide bonds. The van der Waals surface area contributed by atoms with Crippen molar-refractivity contribution in [1.82, 2.24) is 19.6 Å². The number of hydrogen-bond donors (Lipinski definition) is 1. The summed E-state index contributed by atoms with van der Waals surface area (Å²) < 4.78 is 3.18. The normalized spacial score (nSPS) is 10.6. The zero-order valence-electron chi connectivity index (χ0n) is 11.2. The third-order valence-electron chi connectivity index (χ3n) is 2.90. The van der Waals surface area contributed by atoms with E-state index in [0.29, 0.717) is 16.4 Å². The van der Waals surface area contributed by atoms with Gasteiger partial charge in [0.1, 0.15) is 0 Å². The van der Waals surface area contributed by atoms with Gasteiger partial charge in [0.25, 0.3) is 5.91 Å². The van der Waals surface area contributed by atoms with Crippen molar-refractivity contribution in [3.63, 3.8) is 0 Å². The number of anilines is 1. The lowest BCUT2D eigenvalue weighted by molar-refractivity contribution is 0.102. The first-order chi connectivity index (χ1) is 10.1. The number of benzene rings is 1. The predicted molar refractivity (Wildman–Crippen MR) is 79.7 cm³/mol. The molecule has 7 heteroatoms. The van der Waals surface area contributed by atoms with Crippen molar-refractivity contribution >= 4 is 23.3 Å². The van der Waals surface area contributed by atoms with Gasteiger partial charge in [-0.2, -0.15) is 10.2 Å². The van der Waals surface area contributed by atoms with Crippen LogP contribution in [0.2, 0.25) is 5.02 Å². The molecular formula is C14H12ClN5O. The molecule has 0 atom stereocenters. The SMILES string of the molecule is Cn1ccc(NC(=O)c2cnn(-c3ccccc3Cl)c2)n1. The van der Waals surface area contributed by atoms with Gasteiger partial charge in [0, 0.05) is 25.5 Å². The molecule has 0 bridgehead atoms. The number of nitrogens with one attached hydrogen (secondary N) is 1. The summed E-state index contributed by atoms with van der Waals surface area (Å²) in [7, 11) is 1.78. The van der Waals surface area contributed by atoms with E-state index in [-0.39, 0.29) is 5.91 Å². The Labute approximate surface area is 126 Å². The molecule has 106 valence electrons. The van der Waals surface area contributed by atoms with Gasteiger partial charge in [-0.05, 0) is 12.1 Å². The fourth-order valence-corrected chi connectivity index (χ4v) is 2.10. The second kappa shape index (κ2) is 5.41. The van der Waals surface area contributed by atoms with E-state index in [1.54, 1.807) is 40.9 Å². The number of carbonyl (C=O) groups excluding carboxylic acids is 1. The third-order valence-corrected chi connectivity index (χ3v) is 3.22. The molecule has 0 aliphatic carbocycles. The molecule has 21 heavy (non-hydrogen) atoms. The molecule has 0 saturated heterocycles. The maximum atomic E-state index is 12.1. The Kier molecular flexibility index (Phi) is 3.45. The summed E-state index contributed by atoms with van der Waals surface area (Å²) in [4.78, 5) is 12.1. The Hall–Kier alpha value is -2.60. The monoisotopic (exact) mass is 301 g/mol. The molecule has 0 radical (unpaired) electrons. The molecule has 6 nitrogen and oxygen atoms in total. The summed E-state index contributed by atoms with van der Waals surface area (Å²) in [6.07, 6.45) is 4.86. The summed E-state index contributed by atoms with van der Waals surface area (Å²) in [6.45, 7) is 0. The molecule has 2 aromatic heterocycles. The number of aromatic nitrogens is 4. The Balaban J connectivity index is 1.82. The van der Waals surface area contributed by atoms with E-state index in [9.17, 15) is 4.79 Å². The van der Waals surface area contributed by atoms with Gasteiger partial charge in [-0.25, -0.2) is 4.68 Å². The van der Waals surface area contributed by atoms with E-state index in [1.807, 2.05) is 18.2 Å².